The number of aromatic carboxylic acids is 1. The Bertz CT molecular complexity index is 632. The van der Waals surface area contributed by atoms with Crippen LogP contribution in [0.4, 0.5) is 5.69 Å². The summed E-state index contributed by atoms with van der Waals surface area (Å²) < 4.78 is 0. The molecule has 0 aliphatic carbocycles. The van der Waals surface area contributed by atoms with Gasteiger partial charge < -0.3 is 10.4 Å². The number of nitrogens with one attached hydrogen (secondary N) is 1. The average molecular weight is 269 g/mol. The van der Waals surface area contributed by atoms with E-state index >= 15 is 0 Å². The fraction of sp³-hybridized carbons (Fsp3) is 0.125. The van der Waals surface area contributed by atoms with Gasteiger partial charge in [-0.1, -0.05) is 29.8 Å². The molecule has 2 N–H and O–H groups in total. The van der Waals surface area contributed by atoms with Crippen LogP contribution in [0.15, 0.2) is 48.5 Å². The minimum absolute atomic E-state index is 0.126. The van der Waals surface area contributed by atoms with Crippen LogP contribution in [0.2, 0.25) is 0 Å². The molecule has 2 aromatic rings. The first kappa shape index (κ1) is 13.8. The first-order valence-electron chi connectivity index (χ1n) is 6.23. The summed E-state index contributed by atoms with van der Waals surface area (Å²) in [5, 5.41) is 11.5. The van der Waals surface area contributed by atoms with Gasteiger partial charge in [-0.15, -0.1) is 0 Å². The van der Waals surface area contributed by atoms with Crippen molar-refractivity contribution in [2.24, 2.45) is 0 Å². The molecule has 4 nitrogen and oxygen atoms in total. The van der Waals surface area contributed by atoms with Crippen LogP contribution in [0.25, 0.3) is 0 Å². The van der Waals surface area contributed by atoms with Crippen LogP contribution in [-0.2, 0) is 11.2 Å². The molecule has 0 radical (unpaired) electrons. The molecule has 1 amide bonds. The molecular formula is C16H15NO3. The fourth-order valence-corrected chi connectivity index (χ4v) is 1.91. The largest absolute Gasteiger partial charge is 0.478 e. The number of benzene rings is 2. The van der Waals surface area contributed by atoms with Gasteiger partial charge in [0.2, 0.25) is 5.91 Å². The number of carboxylic acids is 1. The van der Waals surface area contributed by atoms with E-state index in [4.69, 9.17) is 5.11 Å². The highest BCUT2D eigenvalue weighted by molar-refractivity contribution is 5.93. The summed E-state index contributed by atoms with van der Waals surface area (Å²) in [6, 6.07) is 13.9. The van der Waals surface area contributed by atoms with Gasteiger partial charge in [-0.25, -0.2) is 4.79 Å². The number of carbonyl (C=O) groups excluding carboxylic acids is 1. The molecule has 2 rings (SSSR count). The van der Waals surface area contributed by atoms with Crippen molar-refractivity contribution < 1.29 is 14.7 Å². The van der Waals surface area contributed by atoms with E-state index in [0.29, 0.717) is 12.1 Å². The second-order valence-electron chi connectivity index (χ2n) is 4.60. The summed E-state index contributed by atoms with van der Waals surface area (Å²) in [7, 11) is 0. The zero-order chi connectivity index (χ0) is 14.5. The van der Waals surface area contributed by atoms with Crippen molar-refractivity contribution in [2.45, 2.75) is 13.3 Å². The van der Waals surface area contributed by atoms with Crippen LogP contribution in [0.5, 0.6) is 0 Å². The van der Waals surface area contributed by atoms with Crippen molar-refractivity contribution in [3.8, 4) is 0 Å². The maximum absolute atomic E-state index is 11.9. The van der Waals surface area contributed by atoms with Crippen LogP contribution in [0, 0.1) is 6.92 Å². The molecule has 0 bridgehead atoms. The Kier molecular flexibility index (Phi) is 4.15. The molecule has 0 spiro atoms. The Labute approximate surface area is 117 Å². The van der Waals surface area contributed by atoms with E-state index in [9.17, 15) is 9.59 Å². The van der Waals surface area contributed by atoms with Crippen molar-refractivity contribution in [3.63, 3.8) is 0 Å². The second-order valence-corrected chi connectivity index (χ2v) is 4.60. The molecule has 0 fully saturated rings. The number of aryl methyl sites for hydroxylation is 1. The van der Waals surface area contributed by atoms with Gasteiger partial charge in [0.05, 0.1) is 12.0 Å². The molecule has 0 aromatic heterocycles. The summed E-state index contributed by atoms with van der Waals surface area (Å²) in [6.07, 6.45) is 0.294. The standard InChI is InChI=1S/C16H15NO3/c1-11-3-2-4-12(9-11)10-15(18)17-14-7-5-13(6-8-14)16(19)20/h2-9H,10H2,1H3,(H,17,18)(H,19,20). The molecule has 20 heavy (non-hydrogen) atoms. The maximum atomic E-state index is 11.9. The quantitative estimate of drug-likeness (QED) is 0.896. The number of hydrogen-bond donors (Lipinski definition) is 2. The lowest BCUT2D eigenvalue weighted by Gasteiger charge is -2.06. The number of amides is 1. The van der Waals surface area contributed by atoms with E-state index in [-0.39, 0.29) is 11.5 Å². The Morgan fingerprint density at radius 1 is 1.10 bits per heavy atom. The Morgan fingerprint density at radius 3 is 2.40 bits per heavy atom. The van der Waals surface area contributed by atoms with Gasteiger partial charge in [-0.2, -0.15) is 0 Å². The highest BCUT2D eigenvalue weighted by atomic mass is 16.4. The highest BCUT2D eigenvalue weighted by Gasteiger charge is 2.06. The Hall–Kier alpha value is -2.62. The van der Waals surface area contributed by atoms with E-state index in [1.165, 1.54) is 12.1 Å². The lowest BCUT2D eigenvalue weighted by atomic mass is 10.1. The molecule has 2 aromatic carbocycles. The predicted molar refractivity (Wildman–Crippen MR) is 76.9 cm³/mol. The van der Waals surface area contributed by atoms with Gasteiger partial charge >= 0.3 is 5.97 Å². The Balaban J connectivity index is 1.99. The van der Waals surface area contributed by atoms with E-state index in [0.717, 1.165) is 11.1 Å². The maximum Gasteiger partial charge on any atom is 0.335 e. The van der Waals surface area contributed by atoms with Gasteiger partial charge in [-0.3, -0.25) is 4.79 Å². The monoisotopic (exact) mass is 269 g/mol. The third kappa shape index (κ3) is 3.68. The lowest BCUT2D eigenvalue weighted by molar-refractivity contribution is -0.115. The van der Waals surface area contributed by atoms with Gasteiger partial charge in [-0.05, 0) is 36.8 Å². The van der Waals surface area contributed by atoms with Gasteiger partial charge in [0.25, 0.3) is 0 Å². The predicted octanol–water partition coefficient (Wildman–Crippen LogP) is 2.87. The van der Waals surface area contributed by atoms with Crippen molar-refractivity contribution in [2.75, 3.05) is 5.32 Å². The van der Waals surface area contributed by atoms with Crippen molar-refractivity contribution >= 4 is 17.6 Å². The van der Waals surface area contributed by atoms with Crippen LogP contribution in [0.1, 0.15) is 21.5 Å². The summed E-state index contributed by atoms with van der Waals surface area (Å²) in [4.78, 5) is 22.6. The van der Waals surface area contributed by atoms with E-state index < -0.39 is 5.97 Å². The first-order chi connectivity index (χ1) is 9.54. The van der Waals surface area contributed by atoms with Gasteiger partial charge in [0.1, 0.15) is 0 Å². The van der Waals surface area contributed by atoms with E-state index in [2.05, 4.69) is 5.32 Å². The smallest absolute Gasteiger partial charge is 0.335 e. The zero-order valence-corrected chi connectivity index (χ0v) is 11.1. The molecule has 102 valence electrons. The number of anilines is 1. The number of carbonyl (C=O) groups is 2. The van der Waals surface area contributed by atoms with E-state index in [1.807, 2.05) is 31.2 Å². The minimum Gasteiger partial charge on any atom is -0.478 e. The minimum atomic E-state index is -0.984. The zero-order valence-electron chi connectivity index (χ0n) is 11.1. The van der Waals surface area contributed by atoms with Crippen LogP contribution in [0.3, 0.4) is 0 Å². The van der Waals surface area contributed by atoms with Crippen LogP contribution in [-0.4, -0.2) is 17.0 Å². The van der Waals surface area contributed by atoms with Crippen LogP contribution >= 0.6 is 0 Å². The molecule has 0 saturated heterocycles. The average Bonchev–Trinajstić information content (AvgIpc) is 2.39. The third-order valence-corrected chi connectivity index (χ3v) is 2.86. The van der Waals surface area contributed by atoms with Gasteiger partial charge in [0, 0.05) is 5.69 Å². The molecule has 0 unspecified atom stereocenters. The molecule has 4 heteroatoms. The van der Waals surface area contributed by atoms with Crippen molar-refractivity contribution in [1.82, 2.24) is 0 Å². The summed E-state index contributed by atoms with van der Waals surface area (Å²) in [5.74, 6) is -1.11. The molecule has 0 heterocycles. The SMILES string of the molecule is Cc1cccc(CC(=O)Nc2ccc(C(=O)O)cc2)c1. The number of carboxylic acid groups (broad SMARTS) is 1. The normalized spacial score (nSPS) is 10.1. The number of rotatable bonds is 4. The summed E-state index contributed by atoms with van der Waals surface area (Å²) in [5.41, 5.74) is 2.85. The molecule has 0 aliphatic heterocycles. The van der Waals surface area contributed by atoms with Crippen molar-refractivity contribution in [1.29, 1.82) is 0 Å². The van der Waals surface area contributed by atoms with E-state index in [1.54, 1.807) is 12.1 Å². The summed E-state index contributed by atoms with van der Waals surface area (Å²) >= 11 is 0. The molecule has 0 atom stereocenters. The number of hydrogen-bond acceptors (Lipinski definition) is 2. The second kappa shape index (κ2) is 6.02. The first-order valence-corrected chi connectivity index (χ1v) is 6.23. The summed E-state index contributed by atoms with van der Waals surface area (Å²) in [6.45, 7) is 1.98. The van der Waals surface area contributed by atoms with Crippen molar-refractivity contribution in [3.05, 3.63) is 65.2 Å². The van der Waals surface area contributed by atoms with Crippen LogP contribution < -0.4 is 5.32 Å². The molecule has 0 aliphatic rings. The van der Waals surface area contributed by atoms with Gasteiger partial charge in [0.15, 0.2) is 0 Å². The fourth-order valence-electron chi connectivity index (χ4n) is 1.91. The Morgan fingerprint density at radius 2 is 1.80 bits per heavy atom. The molecular weight excluding hydrogens is 254 g/mol. The lowest BCUT2D eigenvalue weighted by Crippen LogP contribution is -2.14. The highest BCUT2D eigenvalue weighted by Crippen LogP contribution is 2.11. The third-order valence-electron chi connectivity index (χ3n) is 2.86. The topological polar surface area (TPSA) is 66.4 Å². The molecule has 0 saturated carbocycles.